The van der Waals surface area contributed by atoms with Gasteiger partial charge < -0.3 is 10.1 Å². The van der Waals surface area contributed by atoms with Crippen molar-refractivity contribution in [1.82, 2.24) is 9.69 Å². The molecular weight excluding hydrogens is 244 g/mol. The lowest BCUT2D eigenvalue weighted by atomic mass is 10.1. The van der Waals surface area contributed by atoms with Crippen LogP contribution in [0.4, 0.5) is 0 Å². The zero-order valence-electron chi connectivity index (χ0n) is 10.3. The van der Waals surface area contributed by atoms with Crippen LogP contribution >= 0.6 is 11.5 Å². The molecule has 1 N–H and O–H groups in total. The number of rotatable bonds is 5. The molecule has 4 heteroatoms. The summed E-state index contributed by atoms with van der Waals surface area (Å²) in [6.07, 6.45) is 2.64. The summed E-state index contributed by atoms with van der Waals surface area (Å²) in [6, 6.07) is 10.9. The number of nitrogens with one attached hydrogen (secondary N) is 1. The summed E-state index contributed by atoms with van der Waals surface area (Å²) in [5, 5.41) is 3.51. The summed E-state index contributed by atoms with van der Waals surface area (Å²) in [7, 11) is 1.69. The van der Waals surface area contributed by atoms with Crippen LogP contribution in [0.15, 0.2) is 30.3 Å². The average molecular weight is 260 g/mol. The molecule has 0 bridgehead atoms. The third kappa shape index (κ3) is 2.71. The molecule has 94 valence electrons. The van der Waals surface area contributed by atoms with E-state index in [0.29, 0.717) is 0 Å². The molecule has 3 nitrogen and oxygen atoms in total. The first-order valence-corrected chi connectivity index (χ1v) is 6.96. The Balaban J connectivity index is 1.74. The lowest BCUT2D eigenvalue weighted by Crippen LogP contribution is -2.14. The molecule has 0 radical (unpaired) electrons. The maximum Gasteiger partial charge on any atom is 0.119 e. The van der Waals surface area contributed by atoms with Crippen molar-refractivity contribution in [2.75, 3.05) is 7.11 Å². The number of methoxy groups -OCH3 is 1. The van der Waals surface area contributed by atoms with E-state index in [9.17, 15) is 0 Å². The number of benzene rings is 1. The molecule has 0 amide bonds. The maximum absolute atomic E-state index is 5.23. The predicted octanol–water partition coefficient (Wildman–Crippen LogP) is 3.07. The zero-order chi connectivity index (χ0) is 12.4. The molecule has 1 fully saturated rings. The van der Waals surface area contributed by atoms with Crippen LogP contribution in [0, 0.1) is 0 Å². The van der Waals surface area contributed by atoms with E-state index in [4.69, 9.17) is 4.74 Å². The van der Waals surface area contributed by atoms with Crippen molar-refractivity contribution < 1.29 is 4.74 Å². The van der Waals surface area contributed by atoms with Gasteiger partial charge in [-0.15, -0.1) is 0 Å². The van der Waals surface area contributed by atoms with Crippen LogP contribution in [0.3, 0.4) is 0 Å². The Hall–Kier alpha value is -1.39. The predicted molar refractivity (Wildman–Crippen MR) is 74.0 cm³/mol. The van der Waals surface area contributed by atoms with E-state index < -0.39 is 0 Å². The summed E-state index contributed by atoms with van der Waals surface area (Å²) in [6.45, 7) is 0.937. The van der Waals surface area contributed by atoms with E-state index in [-0.39, 0.29) is 0 Å². The topological polar surface area (TPSA) is 34.1 Å². The number of hydrogen-bond donors (Lipinski definition) is 1. The molecule has 1 aromatic carbocycles. The molecule has 1 aliphatic carbocycles. The maximum atomic E-state index is 5.23. The third-order valence-electron chi connectivity index (χ3n) is 3.07. The Kier molecular flexibility index (Phi) is 3.30. The third-order valence-corrected chi connectivity index (χ3v) is 3.85. The van der Waals surface area contributed by atoms with Gasteiger partial charge in [0.2, 0.25) is 0 Å². The van der Waals surface area contributed by atoms with Crippen LogP contribution in [0.1, 0.15) is 17.7 Å². The first kappa shape index (κ1) is 11.7. The minimum absolute atomic E-state index is 0.743. The minimum atomic E-state index is 0.743. The largest absolute Gasteiger partial charge is 0.497 e. The Labute approximate surface area is 111 Å². The molecular formula is C14H16N2OS. The van der Waals surface area contributed by atoms with Gasteiger partial charge in [0, 0.05) is 23.0 Å². The van der Waals surface area contributed by atoms with Crippen molar-refractivity contribution in [3.8, 4) is 17.0 Å². The van der Waals surface area contributed by atoms with Crippen molar-refractivity contribution in [3.05, 3.63) is 35.2 Å². The molecule has 0 aliphatic heterocycles. The van der Waals surface area contributed by atoms with Gasteiger partial charge in [0.1, 0.15) is 5.75 Å². The summed E-state index contributed by atoms with van der Waals surface area (Å²) in [4.78, 5) is 1.29. The van der Waals surface area contributed by atoms with Crippen molar-refractivity contribution >= 4 is 11.5 Å². The monoisotopic (exact) mass is 260 g/mol. The summed E-state index contributed by atoms with van der Waals surface area (Å²) in [5.74, 6) is 0.873. The fourth-order valence-electron chi connectivity index (χ4n) is 1.85. The SMILES string of the molecule is COc1cccc(-c2cc(CNC3CC3)sn2)c1. The van der Waals surface area contributed by atoms with Crippen molar-refractivity contribution in [2.24, 2.45) is 0 Å². The average Bonchev–Trinajstić information content (AvgIpc) is 3.13. The van der Waals surface area contributed by atoms with Crippen LogP contribution in [-0.2, 0) is 6.54 Å². The smallest absolute Gasteiger partial charge is 0.119 e. The fraction of sp³-hybridized carbons (Fsp3) is 0.357. The van der Waals surface area contributed by atoms with Crippen LogP contribution in [0.5, 0.6) is 5.75 Å². The first-order valence-electron chi connectivity index (χ1n) is 6.18. The molecule has 1 heterocycles. The van der Waals surface area contributed by atoms with E-state index in [1.807, 2.05) is 18.2 Å². The highest BCUT2D eigenvalue weighted by atomic mass is 32.1. The van der Waals surface area contributed by atoms with Gasteiger partial charge in [-0.05, 0) is 42.6 Å². The second-order valence-corrected chi connectivity index (χ2v) is 5.46. The molecule has 0 saturated heterocycles. The number of ether oxygens (including phenoxy) is 1. The number of nitrogens with zero attached hydrogens (tertiary/aromatic N) is 1. The highest BCUT2D eigenvalue weighted by molar-refractivity contribution is 7.06. The minimum Gasteiger partial charge on any atom is -0.497 e. The first-order chi connectivity index (χ1) is 8.85. The number of aromatic nitrogens is 1. The van der Waals surface area contributed by atoms with E-state index in [1.54, 1.807) is 18.6 Å². The van der Waals surface area contributed by atoms with Crippen LogP contribution < -0.4 is 10.1 Å². The lowest BCUT2D eigenvalue weighted by Gasteiger charge is -2.01. The van der Waals surface area contributed by atoms with E-state index in [2.05, 4.69) is 21.8 Å². The van der Waals surface area contributed by atoms with Gasteiger partial charge in [0.15, 0.2) is 0 Å². The van der Waals surface area contributed by atoms with Crippen LogP contribution in [-0.4, -0.2) is 17.5 Å². The van der Waals surface area contributed by atoms with E-state index in [0.717, 1.165) is 29.6 Å². The van der Waals surface area contributed by atoms with Gasteiger partial charge in [-0.3, -0.25) is 0 Å². The molecule has 1 saturated carbocycles. The molecule has 2 aromatic rings. The van der Waals surface area contributed by atoms with Crippen molar-refractivity contribution in [1.29, 1.82) is 0 Å². The second kappa shape index (κ2) is 5.08. The van der Waals surface area contributed by atoms with E-state index >= 15 is 0 Å². The Bertz CT molecular complexity index is 534. The highest BCUT2D eigenvalue weighted by Crippen LogP contribution is 2.26. The molecule has 3 rings (SSSR count). The highest BCUT2D eigenvalue weighted by Gasteiger charge is 2.20. The molecule has 18 heavy (non-hydrogen) atoms. The fourth-order valence-corrected chi connectivity index (χ4v) is 2.53. The van der Waals surface area contributed by atoms with Gasteiger partial charge in [0.05, 0.1) is 12.8 Å². The van der Waals surface area contributed by atoms with Gasteiger partial charge in [-0.1, -0.05) is 12.1 Å². The Morgan fingerprint density at radius 2 is 2.28 bits per heavy atom. The normalized spacial score (nSPS) is 14.7. The van der Waals surface area contributed by atoms with E-state index in [1.165, 1.54) is 17.7 Å². The Morgan fingerprint density at radius 3 is 3.06 bits per heavy atom. The summed E-state index contributed by atoms with van der Waals surface area (Å²) in [5.41, 5.74) is 2.15. The molecule has 0 unspecified atom stereocenters. The van der Waals surface area contributed by atoms with Crippen molar-refractivity contribution in [2.45, 2.75) is 25.4 Å². The van der Waals surface area contributed by atoms with Crippen LogP contribution in [0.25, 0.3) is 11.3 Å². The standard InChI is InChI=1S/C14H16N2OS/c1-17-12-4-2-3-10(7-12)14-8-13(18-16-14)9-15-11-5-6-11/h2-4,7-8,11,15H,5-6,9H2,1H3. The molecule has 1 aliphatic rings. The van der Waals surface area contributed by atoms with Crippen LogP contribution in [0.2, 0.25) is 0 Å². The summed E-state index contributed by atoms with van der Waals surface area (Å²) >= 11 is 1.57. The molecule has 0 atom stereocenters. The quantitative estimate of drug-likeness (QED) is 0.897. The Morgan fingerprint density at radius 1 is 1.39 bits per heavy atom. The van der Waals surface area contributed by atoms with Gasteiger partial charge >= 0.3 is 0 Å². The number of hydrogen-bond acceptors (Lipinski definition) is 4. The molecule has 1 aromatic heterocycles. The molecule has 0 spiro atoms. The lowest BCUT2D eigenvalue weighted by molar-refractivity contribution is 0.415. The zero-order valence-corrected chi connectivity index (χ0v) is 11.2. The van der Waals surface area contributed by atoms with Crippen molar-refractivity contribution in [3.63, 3.8) is 0 Å². The van der Waals surface area contributed by atoms with Gasteiger partial charge in [-0.2, -0.15) is 4.37 Å². The summed E-state index contributed by atoms with van der Waals surface area (Å²) < 4.78 is 9.74. The van der Waals surface area contributed by atoms with Gasteiger partial charge in [0.25, 0.3) is 0 Å². The second-order valence-electron chi connectivity index (χ2n) is 4.57. The van der Waals surface area contributed by atoms with Gasteiger partial charge in [-0.25, -0.2) is 0 Å².